The lowest BCUT2D eigenvalue weighted by molar-refractivity contribution is -0.0512. The third kappa shape index (κ3) is 5.06. The van der Waals surface area contributed by atoms with Crippen molar-refractivity contribution >= 4 is 0 Å². The summed E-state index contributed by atoms with van der Waals surface area (Å²) >= 11 is 0. The third-order valence-corrected chi connectivity index (χ3v) is 2.90. The van der Waals surface area contributed by atoms with Gasteiger partial charge in [0.1, 0.15) is 0 Å². The predicted octanol–water partition coefficient (Wildman–Crippen LogP) is 3.19. The molecule has 0 amide bonds. The van der Waals surface area contributed by atoms with Crippen LogP contribution in [-0.2, 0) is 6.54 Å². The molecule has 3 nitrogen and oxygen atoms in total. The molecule has 1 aromatic rings. The first-order chi connectivity index (χ1) is 9.60. The molecular formula is C15H19F2NO2. The zero-order valence-electron chi connectivity index (χ0n) is 11.7. The first kappa shape index (κ1) is 16.3. The maximum absolute atomic E-state index is 12.3. The number of nitrogens with one attached hydrogen (secondary N) is 1. The zero-order chi connectivity index (χ0) is 15.0. The van der Waals surface area contributed by atoms with Gasteiger partial charge in [-0.1, -0.05) is 13.0 Å². The molecule has 1 unspecified atom stereocenters. The van der Waals surface area contributed by atoms with E-state index < -0.39 is 6.61 Å². The summed E-state index contributed by atoms with van der Waals surface area (Å²) in [6, 6.07) is 5.16. The average molecular weight is 283 g/mol. The van der Waals surface area contributed by atoms with Crippen LogP contribution in [0.5, 0.6) is 11.5 Å². The van der Waals surface area contributed by atoms with Gasteiger partial charge in [-0.05, 0) is 24.1 Å². The standard InChI is InChI=1S/C15H19F2NO2/c1-4-6-12(5-2)18-10-11-7-8-13(19-3)14(9-11)20-15(16)17/h1,7-9,12,15,18H,5-6,10H2,2-3H3. The molecule has 0 radical (unpaired) electrons. The van der Waals surface area contributed by atoms with Crippen LogP contribution in [0.25, 0.3) is 0 Å². The summed E-state index contributed by atoms with van der Waals surface area (Å²) in [6.07, 6.45) is 6.82. The average Bonchev–Trinajstić information content (AvgIpc) is 2.43. The molecule has 0 aromatic heterocycles. The van der Waals surface area contributed by atoms with E-state index in [-0.39, 0.29) is 17.5 Å². The van der Waals surface area contributed by atoms with E-state index in [2.05, 4.69) is 16.0 Å². The number of rotatable bonds is 8. The minimum atomic E-state index is -2.88. The molecule has 0 fully saturated rings. The third-order valence-electron chi connectivity index (χ3n) is 2.90. The van der Waals surface area contributed by atoms with Crippen LogP contribution in [0, 0.1) is 12.3 Å². The van der Waals surface area contributed by atoms with E-state index in [1.165, 1.54) is 7.11 Å². The van der Waals surface area contributed by atoms with E-state index >= 15 is 0 Å². The van der Waals surface area contributed by atoms with E-state index in [0.29, 0.717) is 13.0 Å². The highest BCUT2D eigenvalue weighted by Gasteiger charge is 2.12. The maximum Gasteiger partial charge on any atom is 0.387 e. The van der Waals surface area contributed by atoms with Crippen molar-refractivity contribution < 1.29 is 18.3 Å². The summed E-state index contributed by atoms with van der Waals surface area (Å²) in [4.78, 5) is 0. The Hall–Kier alpha value is -1.80. The van der Waals surface area contributed by atoms with Crippen molar-refractivity contribution in [3.8, 4) is 23.8 Å². The molecular weight excluding hydrogens is 264 g/mol. The van der Waals surface area contributed by atoms with Crippen LogP contribution in [0.2, 0.25) is 0 Å². The molecule has 5 heteroatoms. The zero-order valence-corrected chi connectivity index (χ0v) is 11.7. The summed E-state index contributed by atoms with van der Waals surface area (Å²) in [6.45, 7) is -0.310. The molecule has 0 saturated heterocycles. The van der Waals surface area contributed by atoms with Crippen LogP contribution in [0.3, 0.4) is 0 Å². The summed E-state index contributed by atoms with van der Waals surface area (Å²) in [5.74, 6) is 2.92. The second kappa shape index (κ2) is 8.39. The number of halogens is 2. The Bertz CT molecular complexity index is 458. The minimum Gasteiger partial charge on any atom is -0.493 e. The molecule has 0 saturated carbocycles. The Morgan fingerprint density at radius 3 is 2.65 bits per heavy atom. The molecule has 1 atom stereocenters. The molecule has 1 rings (SSSR count). The highest BCUT2D eigenvalue weighted by Crippen LogP contribution is 2.29. The van der Waals surface area contributed by atoms with Crippen molar-refractivity contribution in [1.82, 2.24) is 5.32 Å². The lowest BCUT2D eigenvalue weighted by Gasteiger charge is -2.15. The molecule has 0 aliphatic rings. The Morgan fingerprint density at radius 2 is 2.10 bits per heavy atom. The van der Waals surface area contributed by atoms with E-state index in [1.54, 1.807) is 18.2 Å². The van der Waals surface area contributed by atoms with Gasteiger partial charge in [0.2, 0.25) is 0 Å². The summed E-state index contributed by atoms with van der Waals surface area (Å²) in [7, 11) is 1.41. The number of ether oxygens (including phenoxy) is 2. The molecule has 0 heterocycles. The summed E-state index contributed by atoms with van der Waals surface area (Å²) < 4.78 is 34.1. The minimum absolute atomic E-state index is 0.0341. The molecule has 0 spiro atoms. The van der Waals surface area contributed by atoms with Gasteiger partial charge in [0.15, 0.2) is 11.5 Å². The quantitative estimate of drug-likeness (QED) is 0.743. The first-order valence-electron chi connectivity index (χ1n) is 6.39. The fourth-order valence-electron chi connectivity index (χ4n) is 1.78. The molecule has 110 valence electrons. The van der Waals surface area contributed by atoms with Crippen molar-refractivity contribution in [1.29, 1.82) is 0 Å². The van der Waals surface area contributed by atoms with Gasteiger partial charge in [-0.2, -0.15) is 8.78 Å². The molecule has 1 aromatic carbocycles. The Balaban J connectivity index is 2.73. The number of benzene rings is 1. The van der Waals surface area contributed by atoms with Gasteiger partial charge in [-0.15, -0.1) is 12.3 Å². The summed E-state index contributed by atoms with van der Waals surface area (Å²) in [5.41, 5.74) is 0.830. The number of terminal acetylenes is 1. The number of hydrogen-bond acceptors (Lipinski definition) is 3. The predicted molar refractivity (Wildman–Crippen MR) is 74.0 cm³/mol. The fraction of sp³-hybridized carbons (Fsp3) is 0.467. The molecule has 0 aliphatic carbocycles. The van der Waals surface area contributed by atoms with Crippen LogP contribution < -0.4 is 14.8 Å². The van der Waals surface area contributed by atoms with Crippen molar-refractivity contribution in [3.63, 3.8) is 0 Å². The van der Waals surface area contributed by atoms with E-state index in [0.717, 1.165) is 12.0 Å². The van der Waals surface area contributed by atoms with Crippen molar-refractivity contribution in [3.05, 3.63) is 23.8 Å². The molecule has 0 aliphatic heterocycles. The van der Waals surface area contributed by atoms with Gasteiger partial charge < -0.3 is 14.8 Å². The van der Waals surface area contributed by atoms with Gasteiger partial charge >= 0.3 is 6.61 Å². The first-order valence-corrected chi connectivity index (χ1v) is 6.39. The Labute approximate surface area is 118 Å². The van der Waals surface area contributed by atoms with Crippen LogP contribution >= 0.6 is 0 Å². The largest absolute Gasteiger partial charge is 0.493 e. The van der Waals surface area contributed by atoms with Crippen molar-refractivity contribution in [2.24, 2.45) is 0 Å². The van der Waals surface area contributed by atoms with Crippen molar-refractivity contribution in [2.75, 3.05) is 7.11 Å². The van der Waals surface area contributed by atoms with Crippen molar-refractivity contribution in [2.45, 2.75) is 39.0 Å². The number of alkyl halides is 2. The van der Waals surface area contributed by atoms with Gasteiger partial charge in [-0.3, -0.25) is 0 Å². The highest BCUT2D eigenvalue weighted by molar-refractivity contribution is 5.43. The smallest absolute Gasteiger partial charge is 0.387 e. The summed E-state index contributed by atoms with van der Waals surface area (Å²) in [5, 5.41) is 3.28. The van der Waals surface area contributed by atoms with E-state index in [4.69, 9.17) is 11.2 Å². The van der Waals surface area contributed by atoms with Gasteiger partial charge in [0.25, 0.3) is 0 Å². The molecule has 20 heavy (non-hydrogen) atoms. The highest BCUT2D eigenvalue weighted by atomic mass is 19.3. The Morgan fingerprint density at radius 1 is 1.35 bits per heavy atom. The van der Waals surface area contributed by atoms with Gasteiger partial charge in [0.05, 0.1) is 7.11 Å². The van der Waals surface area contributed by atoms with E-state index in [9.17, 15) is 8.78 Å². The normalized spacial score (nSPS) is 12.0. The lowest BCUT2D eigenvalue weighted by Crippen LogP contribution is -2.27. The van der Waals surface area contributed by atoms with Crippen LogP contribution in [-0.4, -0.2) is 19.8 Å². The maximum atomic E-state index is 12.3. The second-order valence-electron chi connectivity index (χ2n) is 4.26. The Kier molecular flexibility index (Phi) is 6.82. The number of hydrogen-bond donors (Lipinski definition) is 1. The van der Waals surface area contributed by atoms with Crippen LogP contribution in [0.15, 0.2) is 18.2 Å². The SMILES string of the molecule is C#CCC(CC)NCc1ccc(OC)c(OC(F)F)c1. The molecule has 1 N–H and O–H groups in total. The fourth-order valence-corrected chi connectivity index (χ4v) is 1.78. The topological polar surface area (TPSA) is 30.5 Å². The second-order valence-corrected chi connectivity index (χ2v) is 4.26. The lowest BCUT2D eigenvalue weighted by atomic mass is 10.1. The van der Waals surface area contributed by atoms with Gasteiger partial charge in [-0.25, -0.2) is 0 Å². The number of methoxy groups -OCH3 is 1. The van der Waals surface area contributed by atoms with Gasteiger partial charge in [0, 0.05) is 19.0 Å². The van der Waals surface area contributed by atoms with Crippen LogP contribution in [0.1, 0.15) is 25.3 Å². The van der Waals surface area contributed by atoms with E-state index in [1.807, 2.05) is 6.92 Å². The molecule has 0 bridgehead atoms. The van der Waals surface area contributed by atoms with Crippen LogP contribution in [0.4, 0.5) is 8.78 Å². The monoisotopic (exact) mass is 283 g/mol.